The lowest BCUT2D eigenvalue weighted by atomic mass is 9.88. The predicted molar refractivity (Wildman–Crippen MR) is 133 cm³/mol. The minimum Gasteiger partial charge on any atom is -0.155 e. The van der Waals surface area contributed by atoms with Gasteiger partial charge in [0, 0.05) is 21.0 Å². The van der Waals surface area contributed by atoms with E-state index in [1.54, 1.807) is 0 Å². The molecular weight excluding hydrogens is 404 g/mol. The molecule has 3 aromatic heterocycles. The fourth-order valence-corrected chi connectivity index (χ4v) is 7.32. The van der Waals surface area contributed by atoms with Gasteiger partial charge in [-0.15, -0.1) is 27.8 Å². The molecule has 5 aromatic rings. The van der Waals surface area contributed by atoms with Crippen LogP contribution in [0.1, 0.15) is 43.2 Å². The molecule has 0 fully saturated rings. The van der Waals surface area contributed by atoms with Crippen molar-refractivity contribution in [3.8, 4) is 11.3 Å². The molecule has 0 bridgehead atoms. The molecule has 0 amide bonds. The molecule has 0 aliphatic rings. The molecule has 2 aromatic carbocycles. The number of aryl methyl sites for hydroxylation is 3. The van der Waals surface area contributed by atoms with Gasteiger partial charge in [0.2, 0.25) is 0 Å². The average molecular weight is 431 g/mol. The Morgan fingerprint density at radius 3 is 2.23 bits per heavy atom. The molecule has 0 atom stereocenters. The Labute approximate surface area is 185 Å². The molecule has 0 N–H and O–H groups in total. The first-order valence-electron chi connectivity index (χ1n) is 10.4. The second-order valence-electron chi connectivity index (χ2n) is 9.64. The number of aromatic nitrogens is 2. The van der Waals surface area contributed by atoms with Crippen LogP contribution in [0.15, 0.2) is 36.4 Å². The molecule has 0 aliphatic heterocycles. The van der Waals surface area contributed by atoms with Gasteiger partial charge in [-0.25, -0.2) is 0 Å². The van der Waals surface area contributed by atoms with Crippen LogP contribution in [0.4, 0.5) is 0 Å². The maximum absolute atomic E-state index is 4.63. The number of nitrogens with zero attached hydrogens (tertiary/aromatic N) is 2. The summed E-state index contributed by atoms with van der Waals surface area (Å²) >= 11 is 3.78. The summed E-state index contributed by atoms with van der Waals surface area (Å²) in [6, 6.07) is 13.7. The fourth-order valence-electron chi connectivity index (χ4n) is 4.38. The van der Waals surface area contributed by atoms with Crippen LogP contribution < -0.4 is 0 Å². The van der Waals surface area contributed by atoms with Gasteiger partial charge in [-0.3, -0.25) is 0 Å². The van der Waals surface area contributed by atoms with E-state index in [1.807, 2.05) is 22.7 Å². The third-order valence-corrected chi connectivity index (χ3v) is 8.00. The zero-order valence-corrected chi connectivity index (χ0v) is 20.0. The molecule has 5 rings (SSSR count). The van der Waals surface area contributed by atoms with E-state index in [4.69, 9.17) is 0 Å². The fraction of sp³-hybridized carbons (Fsp3) is 0.308. The van der Waals surface area contributed by atoms with Crippen molar-refractivity contribution >= 4 is 52.2 Å². The third-order valence-electron chi connectivity index (χ3n) is 5.47. The minimum atomic E-state index is 0.294. The van der Waals surface area contributed by atoms with Crippen molar-refractivity contribution in [3.63, 3.8) is 0 Å². The van der Waals surface area contributed by atoms with E-state index in [0.717, 1.165) is 23.4 Å². The van der Waals surface area contributed by atoms with Crippen molar-refractivity contribution in [2.24, 2.45) is 5.41 Å². The van der Waals surface area contributed by atoms with Crippen LogP contribution in [0, 0.1) is 26.2 Å². The van der Waals surface area contributed by atoms with Gasteiger partial charge in [0.1, 0.15) is 5.69 Å². The van der Waals surface area contributed by atoms with Gasteiger partial charge in [-0.2, -0.15) is 5.10 Å². The monoisotopic (exact) mass is 430 g/mol. The highest BCUT2D eigenvalue weighted by atomic mass is 32.1. The van der Waals surface area contributed by atoms with Crippen LogP contribution in [0.5, 0.6) is 0 Å². The molecule has 152 valence electrons. The maximum Gasteiger partial charge on any atom is 0.111 e. The van der Waals surface area contributed by atoms with Crippen LogP contribution in [0.25, 0.3) is 40.8 Å². The lowest BCUT2D eigenvalue weighted by Crippen LogP contribution is -2.08. The molecule has 0 radical (unpaired) electrons. The summed E-state index contributed by atoms with van der Waals surface area (Å²) in [5.41, 5.74) is 7.42. The third kappa shape index (κ3) is 3.32. The Hall–Kier alpha value is -2.30. The van der Waals surface area contributed by atoms with Crippen molar-refractivity contribution in [2.45, 2.75) is 48.0 Å². The molecule has 4 heteroatoms. The Kier molecular flexibility index (Phi) is 4.49. The van der Waals surface area contributed by atoms with E-state index in [2.05, 4.69) is 88.1 Å². The summed E-state index contributed by atoms with van der Waals surface area (Å²) in [6.45, 7) is 13.3. The molecule has 30 heavy (non-hydrogen) atoms. The highest BCUT2D eigenvalue weighted by Crippen LogP contribution is 2.47. The molecule has 2 nitrogen and oxygen atoms in total. The smallest absolute Gasteiger partial charge is 0.111 e. The second-order valence-corrected chi connectivity index (χ2v) is 11.7. The first-order valence-corrected chi connectivity index (χ1v) is 12.0. The maximum atomic E-state index is 4.63. The number of thiophene rings is 2. The zero-order chi connectivity index (χ0) is 21.2. The summed E-state index contributed by atoms with van der Waals surface area (Å²) in [6.07, 6.45) is 1.09. The topological polar surface area (TPSA) is 25.8 Å². The Morgan fingerprint density at radius 1 is 0.800 bits per heavy atom. The molecule has 3 heterocycles. The molecule has 0 aliphatic carbocycles. The zero-order valence-electron chi connectivity index (χ0n) is 18.4. The Morgan fingerprint density at radius 2 is 1.53 bits per heavy atom. The Bertz CT molecular complexity index is 1410. The van der Waals surface area contributed by atoms with Crippen molar-refractivity contribution in [2.75, 3.05) is 0 Å². The molecule has 0 spiro atoms. The van der Waals surface area contributed by atoms with Crippen molar-refractivity contribution in [1.29, 1.82) is 0 Å². The second kappa shape index (κ2) is 6.86. The lowest BCUT2D eigenvalue weighted by Gasteiger charge is -2.17. The number of benzene rings is 2. The molecule has 0 unspecified atom stereocenters. The van der Waals surface area contributed by atoms with Crippen molar-refractivity contribution in [1.82, 2.24) is 10.2 Å². The van der Waals surface area contributed by atoms with Crippen LogP contribution in [-0.2, 0) is 6.42 Å². The molecule has 0 saturated carbocycles. The van der Waals surface area contributed by atoms with Gasteiger partial charge in [-0.05, 0) is 56.4 Å². The quantitative estimate of drug-likeness (QED) is 0.282. The number of fused-ring (bicyclic) bond motifs is 5. The standard InChI is InChI=1S/C26H26N2S2/c1-14-9-15(2)11-18(10-14)22-24-21(16(3)27-28-22)25-23(30-24)19-8-7-17(12-20(19)29-25)13-26(4,5)6/h7-12H,13H2,1-6H3. The highest BCUT2D eigenvalue weighted by molar-refractivity contribution is 7.36. The lowest BCUT2D eigenvalue weighted by molar-refractivity contribution is 0.411. The van der Waals surface area contributed by atoms with Crippen molar-refractivity contribution < 1.29 is 0 Å². The summed E-state index contributed by atoms with van der Waals surface area (Å²) in [7, 11) is 0. The average Bonchev–Trinajstić information content (AvgIpc) is 3.15. The van der Waals surface area contributed by atoms with E-state index in [-0.39, 0.29) is 0 Å². The summed E-state index contributed by atoms with van der Waals surface area (Å²) in [5.74, 6) is 0. The Balaban J connectivity index is 1.76. The molecular formula is C26H26N2S2. The van der Waals surface area contributed by atoms with E-state index < -0.39 is 0 Å². The van der Waals surface area contributed by atoms with E-state index >= 15 is 0 Å². The van der Waals surface area contributed by atoms with Crippen LogP contribution in [0.3, 0.4) is 0 Å². The van der Waals surface area contributed by atoms with Gasteiger partial charge in [0.05, 0.1) is 19.8 Å². The van der Waals surface area contributed by atoms with Gasteiger partial charge >= 0.3 is 0 Å². The first kappa shape index (κ1) is 19.7. The van der Waals surface area contributed by atoms with Gasteiger partial charge in [-0.1, -0.05) is 50.1 Å². The summed E-state index contributed by atoms with van der Waals surface area (Å²) < 4.78 is 5.37. The van der Waals surface area contributed by atoms with Gasteiger partial charge in [0.25, 0.3) is 0 Å². The van der Waals surface area contributed by atoms with E-state index in [0.29, 0.717) is 5.41 Å². The van der Waals surface area contributed by atoms with Crippen LogP contribution in [-0.4, -0.2) is 10.2 Å². The SMILES string of the molecule is Cc1cc(C)cc(-c2nnc(C)c3c2sc2c4ccc(CC(C)(C)C)cc4sc23)c1. The minimum absolute atomic E-state index is 0.294. The van der Waals surface area contributed by atoms with Crippen LogP contribution in [0.2, 0.25) is 0 Å². The summed E-state index contributed by atoms with van der Waals surface area (Å²) in [4.78, 5) is 0. The number of hydrogen-bond donors (Lipinski definition) is 0. The van der Waals surface area contributed by atoms with Gasteiger partial charge in [0.15, 0.2) is 0 Å². The number of rotatable bonds is 2. The summed E-state index contributed by atoms with van der Waals surface area (Å²) in [5, 5.41) is 11.8. The van der Waals surface area contributed by atoms with E-state index in [9.17, 15) is 0 Å². The number of hydrogen-bond acceptors (Lipinski definition) is 4. The van der Waals surface area contributed by atoms with Crippen molar-refractivity contribution in [3.05, 3.63) is 58.8 Å². The van der Waals surface area contributed by atoms with Gasteiger partial charge < -0.3 is 0 Å². The molecule has 0 saturated heterocycles. The van der Waals surface area contributed by atoms with E-state index in [1.165, 1.54) is 46.3 Å². The first-order chi connectivity index (χ1) is 14.2. The normalized spacial score (nSPS) is 12.5. The van der Waals surface area contributed by atoms with Crippen LogP contribution >= 0.6 is 22.7 Å². The predicted octanol–water partition coefficient (Wildman–Crippen LogP) is 8.24. The largest absolute Gasteiger partial charge is 0.155 e. The highest BCUT2D eigenvalue weighted by Gasteiger charge is 2.20.